The number of hydrogen-bond donors (Lipinski definition) is 2. The third-order valence-electron chi connectivity index (χ3n) is 3.63. The summed E-state index contributed by atoms with van der Waals surface area (Å²) in [5.74, 6) is -0.707. The summed E-state index contributed by atoms with van der Waals surface area (Å²) in [5.41, 5.74) is 7.92. The van der Waals surface area contributed by atoms with Gasteiger partial charge >= 0.3 is 0 Å². The SMILES string of the molecule is NC1=Nc2c(F)ccc(/C(Cc3ccc(F)c(Cl)c3)=N/O)c2C1. The minimum atomic E-state index is -0.526. The molecule has 0 saturated heterocycles. The van der Waals surface area contributed by atoms with E-state index in [1.807, 2.05) is 0 Å². The largest absolute Gasteiger partial charge is 0.411 e. The topological polar surface area (TPSA) is 71.0 Å². The van der Waals surface area contributed by atoms with Crippen molar-refractivity contribution < 1.29 is 14.0 Å². The fraction of sp³-hybridized carbons (Fsp3) is 0.125. The molecule has 0 spiro atoms. The maximum absolute atomic E-state index is 13.8. The molecule has 1 heterocycles. The van der Waals surface area contributed by atoms with Gasteiger partial charge in [0, 0.05) is 18.4 Å². The van der Waals surface area contributed by atoms with Crippen LogP contribution in [0.4, 0.5) is 14.5 Å². The van der Waals surface area contributed by atoms with E-state index in [0.717, 1.165) is 0 Å². The molecule has 3 rings (SSSR count). The standard InChI is InChI=1S/C16H12ClF2N3O/c17-11-5-8(1-3-12(11)18)6-14(22-23)9-2-4-13(19)16-10(9)7-15(20)21-16/h1-5,23H,6-7H2,(H2,20,21)/b22-14+. The second-order valence-corrected chi connectivity index (χ2v) is 5.58. The number of benzene rings is 2. The molecular weight excluding hydrogens is 324 g/mol. The molecule has 7 heteroatoms. The predicted octanol–water partition coefficient (Wildman–Crippen LogP) is 3.58. The molecule has 0 saturated carbocycles. The molecule has 0 amide bonds. The average Bonchev–Trinajstić information content (AvgIpc) is 2.92. The van der Waals surface area contributed by atoms with Gasteiger partial charge in [0.15, 0.2) is 0 Å². The van der Waals surface area contributed by atoms with E-state index in [1.165, 1.54) is 24.3 Å². The number of rotatable bonds is 3. The summed E-state index contributed by atoms with van der Waals surface area (Å²) in [4.78, 5) is 3.97. The lowest BCUT2D eigenvalue weighted by atomic mass is 9.95. The molecule has 0 unspecified atom stereocenters. The van der Waals surface area contributed by atoms with Crippen LogP contribution in [0.2, 0.25) is 5.02 Å². The molecule has 0 fully saturated rings. The van der Waals surface area contributed by atoms with Gasteiger partial charge in [-0.05, 0) is 35.4 Å². The molecule has 4 nitrogen and oxygen atoms in total. The highest BCUT2D eigenvalue weighted by Gasteiger charge is 2.23. The summed E-state index contributed by atoms with van der Waals surface area (Å²) in [5, 5.41) is 12.6. The summed E-state index contributed by atoms with van der Waals surface area (Å²) >= 11 is 5.76. The highest BCUT2D eigenvalue weighted by atomic mass is 35.5. The molecule has 1 aliphatic rings. The van der Waals surface area contributed by atoms with Crippen LogP contribution < -0.4 is 5.73 Å². The molecule has 23 heavy (non-hydrogen) atoms. The third-order valence-corrected chi connectivity index (χ3v) is 3.92. The second-order valence-electron chi connectivity index (χ2n) is 5.17. The van der Waals surface area contributed by atoms with Crippen LogP contribution in [0.1, 0.15) is 16.7 Å². The van der Waals surface area contributed by atoms with Gasteiger partial charge in [0.25, 0.3) is 0 Å². The molecule has 3 N–H and O–H groups in total. The first-order valence-electron chi connectivity index (χ1n) is 6.79. The molecule has 2 aromatic rings. The van der Waals surface area contributed by atoms with Crippen molar-refractivity contribution in [2.45, 2.75) is 12.8 Å². The Kier molecular flexibility index (Phi) is 4.00. The Morgan fingerprint density at radius 3 is 2.70 bits per heavy atom. The van der Waals surface area contributed by atoms with Gasteiger partial charge in [0.2, 0.25) is 0 Å². The van der Waals surface area contributed by atoms with Crippen LogP contribution in [0.3, 0.4) is 0 Å². The van der Waals surface area contributed by atoms with Crippen LogP contribution in [0.15, 0.2) is 40.5 Å². The normalized spacial score (nSPS) is 13.9. The summed E-state index contributed by atoms with van der Waals surface area (Å²) in [7, 11) is 0. The molecule has 118 valence electrons. The van der Waals surface area contributed by atoms with Gasteiger partial charge in [-0.3, -0.25) is 0 Å². The highest BCUT2D eigenvalue weighted by Crippen LogP contribution is 2.32. The molecule has 1 aliphatic heterocycles. The smallest absolute Gasteiger partial charge is 0.149 e. The van der Waals surface area contributed by atoms with Gasteiger partial charge in [-0.1, -0.05) is 22.8 Å². The Morgan fingerprint density at radius 2 is 2.00 bits per heavy atom. The molecule has 0 atom stereocenters. The van der Waals surface area contributed by atoms with Crippen LogP contribution in [-0.2, 0) is 12.8 Å². The molecular formula is C16H12ClF2N3O. The van der Waals surface area contributed by atoms with Gasteiger partial charge in [-0.15, -0.1) is 0 Å². The van der Waals surface area contributed by atoms with E-state index in [-0.39, 0.29) is 23.6 Å². The predicted molar refractivity (Wildman–Crippen MR) is 84.8 cm³/mol. The van der Waals surface area contributed by atoms with Crippen molar-refractivity contribution in [3.8, 4) is 0 Å². The zero-order chi connectivity index (χ0) is 16.6. The minimum absolute atomic E-state index is 0.0169. The van der Waals surface area contributed by atoms with E-state index >= 15 is 0 Å². The summed E-state index contributed by atoms with van der Waals surface area (Å²) in [6.07, 6.45) is 0.486. The Bertz CT molecular complexity index is 849. The van der Waals surface area contributed by atoms with Crippen LogP contribution in [0.5, 0.6) is 0 Å². The van der Waals surface area contributed by atoms with E-state index in [9.17, 15) is 14.0 Å². The number of halogens is 3. The first-order valence-corrected chi connectivity index (χ1v) is 7.17. The zero-order valence-electron chi connectivity index (χ0n) is 11.9. The number of hydrogen-bond acceptors (Lipinski definition) is 4. The van der Waals surface area contributed by atoms with Crippen LogP contribution >= 0.6 is 11.6 Å². The Balaban J connectivity index is 1.98. The first kappa shape index (κ1) is 15.4. The number of nitrogens with two attached hydrogens (primary N) is 1. The van der Waals surface area contributed by atoms with Gasteiger partial charge in [0.05, 0.1) is 10.7 Å². The summed E-state index contributed by atoms with van der Waals surface area (Å²) in [6.45, 7) is 0. The molecule has 0 bridgehead atoms. The van der Waals surface area contributed by atoms with Crippen LogP contribution in [0, 0.1) is 11.6 Å². The first-order chi connectivity index (χ1) is 11.0. The van der Waals surface area contributed by atoms with E-state index in [1.54, 1.807) is 6.07 Å². The molecule has 0 aliphatic carbocycles. The number of fused-ring (bicyclic) bond motifs is 1. The monoisotopic (exact) mass is 335 g/mol. The summed E-state index contributed by atoms with van der Waals surface area (Å²) < 4.78 is 27.0. The van der Waals surface area contributed by atoms with E-state index in [4.69, 9.17) is 17.3 Å². The van der Waals surface area contributed by atoms with Crippen LogP contribution in [-0.4, -0.2) is 16.8 Å². The van der Waals surface area contributed by atoms with Gasteiger partial charge in [-0.25, -0.2) is 13.8 Å². The van der Waals surface area contributed by atoms with Gasteiger partial charge in [0.1, 0.15) is 23.2 Å². The Labute approximate surface area is 135 Å². The maximum Gasteiger partial charge on any atom is 0.149 e. The number of oxime groups is 1. The average molecular weight is 336 g/mol. The highest BCUT2D eigenvalue weighted by molar-refractivity contribution is 6.30. The van der Waals surface area contributed by atoms with Crippen LogP contribution in [0.25, 0.3) is 0 Å². The van der Waals surface area contributed by atoms with Crippen molar-refractivity contribution in [3.63, 3.8) is 0 Å². The van der Waals surface area contributed by atoms with E-state index < -0.39 is 11.6 Å². The number of aliphatic imine (C=N–C) groups is 1. The van der Waals surface area contributed by atoms with Crippen molar-refractivity contribution in [1.29, 1.82) is 0 Å². The maximum atomic E-state index is 13.8. The fourth-order valence-electron chi connectivity index (χ4n) is 2.57. The number of amidine groups is 1. The van der Waals surface area contributed by atoms with Crippen molar-refractivity contribution in [2.75, 3.05) is 0 Å². The van der Waals surface area contributed by atoms with E-state index in [2.05, 4.69) is 10.1 Å². The third kappa shape index (κ3) is 2.90. The lowest BCUT2D eigenvalue weighted by Crippen LogP contribution is -2.13. The summed E-state index contributed by atoms with van der Waals surface area (Å²) in [6, 6.07) is 7.00. The Morgan fingerprint density at radius 1 is 1.26 bits per heavy atom. The quantitative estimate of drug-likeness (QED) is 0.511. The van der Waals surface area contributed by atoms with E-state index in [0.29, 0.717) is 28.2 Å². The van der Waals surface area contributed by atoms with Crippen molar-refractivity contribution in [3.05, 3.63) is 63.7 Å². The lowest BCUT2D eigenvalue weighted by molar-refractivity contribution is 0.318. The van der Waals surface area contributed by atoms with Gasteiger partial charge < -0.3 is 10.9 Å². The van der Waals surface area contributed by atoms with Gasteiger partial charge in [-0.2, -0.15) is 0 Å². The minimum Gasteiger partial charge on any atom is -0.411 e. The molecule has 0 radical (unpaired) electrons. The van der Waals surface area contributed by atoms with Crippen molar-refractivity contribution in [2.24, 2.45) is 15.9 Å². The molecule has 0 aromatic heterocycles. The second kappa shape index (κ2) is 5.96. The lowest BCUT2D eigenvalue weighted by Gasteiger charge is -2.10. The fourth-order valence-corrected chi connectivity index (χ4v) is 2.77. The van der Waals surface area contributed by atoms with Crippen molar-refractivity contribution >= 4 is 28.8 Å². The van der Waals surface area contributed by atoms with Crippen molar-refractivity contribution in [1.82, 2.24) is 0 Å². The molecule has 2 aromatic carbocycles. The Hall–Kier alpha value is -2.47. The zero-order valence-corrected chi connectivity index (χ0v) is 12.6. The number of nitrogens with zero attached hydrogens (tertiary/aromatic N) is 2.